The van der Waals surface area contributed by atoms with Crippen LogP contribution in [-0.4, -0.2) is 53.8 Å². The number of rotatable bonds is 6. The lowest BCUT2D eigenvalue weighted by Crippen LogP contribution is -2.49. The van der Waals surface area contributed by atoms with Crippen molar-refractivity contribution in [1.82, 2.24) is 14.8 Å². The summed E-state index contributed by atoms with van der Waals surface area (Å²) in [5.41, 5.74) is 0.141. The van der Waals surface area contributed by atoms with Crippen LogP contribution in [0.1, 0.15) is 39.3 Å². The van der Waals surface area contributed by atoms with E-state index in [9.17, 15) is 27.2 Å². The SMILES string of the molecule is CS(=O)(=O)C1(CN2CCn3c(ccc(C(=O)NCc4ccc(F)cc4)c3=O)C2=O)CC1. The largest absolute Gasteiger partial charge is 0.348 e. The molecule has 0 atom stereocenters. The van der Waals surface area contributed by atoms with E-state index >= 15 is 0 Å². The minimum Gasteiger partial charge on any atom is -0.348 e. The van der Waals surface area contributed by atoms with Gasteiger partial charge in [0.05, 0.1) is 4.75 Å². The third-order valence-corrected chi connectivity index (χ3v) is 8.07. The van der Waals surface area contributed by atoms with Gasteiger partial charge in [0.15, 0.2) is 9.84 Å². The zero-order valence-electron chi connectivity index (χ0n) is 16.9. The van der Waals surface area contributed by atoms with Gasteiger partial charge in [-0.15, -0.1) is 0 Å². The van der Waals surface area contributed by atoms with Crippen molar-refractivity contribution in [2.75, 3.05) is 19.3 Å². The van der Waals surface area contributed by atoms with E-state index in [2.05, 4.69) is 5.32 Å². The lowest BCUT2D eigenvalue weighted by atomic mass is 10.1. The number of halogens is 1. The molecule has 2 aliphatic rings. The molecular formula is C21H22FN3O5S. The number of hydrogen-bond donors (Lipinski definition) is 1. The number of carbonyl (C=O) groups is 2. The summed E-state index contributed by atoms with van der Waals surface area (Å²) in [4.78, 5) is 39.6. The number of pyridine rings is 1. The maximum absolute atomic E-state index is 13.0. The van der Waals surface area contributed by atoms with Gasteiger partial charge in [-0.3, -0.25) is 14.4 Å². The molecule has 0 radical (unpaired) electrons. The quantitative estimate of drug-likeness (QED) is 0.710. The molecule has 10 heteroatoms. The summed E-state index contributed by atoms with van der Waals surface area (Å²) in [5.74, 6) is -1.39. The molecule has 2 aromatic rings. The topological polar surface area (TPSA) is 106 Å². The van der Waals surface area contributed by atoms with E-state index in [1.165, 1.54) is 52.1 Å². The summed E-state index contributed by atoms with van der Waals surface area (Å²) in [6, 6.07) is 8.35. The Bertz CT molecular complexity index is 1220. The van der Waals surface area contributed by atoms with E-state index in [0.717, 1.165) is 0 Å². The lowest BCUT2D eigenvalue weighted by Gasteiger charge is -2.32. The first kappa shape index (κ1) is 21.2. The molecule has 0 saturated heterocycles. The number of benzene rings is 1. The van der Waals surface area contributed by atoms with Crippen LogP contribution >= 0.6 is 0 Å². The number of fused-ring (bicyclic) bond motifs is 1. The molecule has 1 aliphatic carbocycles. The van der Waals surface area contributed by atoms with E-state index in [4.69, 9.17) is 0 Å². The van der Waals surface area contributed by atoms with Crippen molar-refractivity contribution in [3.05, 3.63) is 69.4 Å². The highest BCUT2D eigenvalue weighted by Crippen LogP contribution is 2.44. The van der Waals surface area contributed by atoms with Crippen LogP contribution in [0.4, 0.5) is 4.39 Å². The summed E-state index contributed by atoms with van der Waals surface area (Å²) < 4.78 is 37.4. The molecule has 0 bridgehead atoms. The molecule has 164 valence electrons. The number of hydrogen-bond acceptors (Lipinski definition) is 5. The monoisotopic (exact) mass is 447 g/mol. The minimum atomic E-state index is -3.29. The van der Waals surface area contributed by atoms with Gasteiger partial charge in [0.1, 0.15) is 17.1 Å². The summed E-state index contributed by atoms with van der Waals surface area (Å²) in [7, 11) is -3.29. The van der Waals surface area contributed by atoms with Crippen molar-refractivity contribution < 1.29 is 22.4 Å². The van der Waals surface area contributed by atoms with Crippen LogP contribution in [0.15, 0.2) is 41.2 Å². The second kappa shape index (κ2) is 7.60. The van der Waals surface area contributed by atoms with Crippen LogP contribution in [0.25, 0.3) is 0 Å². The Labute approximate surface area is 178 Å². The standard InChI is InChI=1S/C21H22FN3O5S/c1-31(29,30)21(8-9-21)13-24-10-11-25-17(20(24)28)7-6-16(19(25)27)18(26)23-12-14-2-4-15(22)5-3-14/h2-7H,8-13H2,1H3,(H,23,26). The number of sulfone groups is 1. The molecule has 1 fully saturated rings. The molecule has 1 aliphatic heterocycles. The third kappa shape index (κ3) is 3.99. The fourth-order valence-electron chi connectivity index (χ4n) is 3.81. The highest BCUT2D eigenvalue weighted by molar-refractivity contribution is 7.92. The number of nitrogens with zero attached hydrogens (tertiary/aromatic N) is 2. The van der Waals surface area contributed by atoms with E-state index in [0.29, 0.717) is 18.4 Å². The van der Waals surface area contributed by atoms with Gasteiger partial charge in [-0.25, -0.2) is 12.8 Å². The van der Waals surface area contributed by atoms with Crippen LogP contribution in [0, 0.1) is 5.82 Å². The molecule has 2 amide bonds. The van der Waals surface area contributed by atoms with Gasteiger partial charge in [0, 0.05) is 32.4 Å². The first-order chi connectivity index (χ1) is 14.6. The summed E-state index contributed by atoms with van der Waals surface area (Å²) in [6.07, 6.45) is 2.23. The second-order valence-electron chi connectivity index (χ2n) is 8.08. The van der Waals surface area contributed by atoms with Gasteiger partial charge in [0.2, 0.25) is 0 Å². The Morgan fingerprint density at radius 1 is 1.10 bits per heavy atom. The van der Waals surface area contributed by atoms with Crippen LogP contribution in [0.2, 0.25) is 0 Å². The normalized spacial score (nSPS) is 17.2. The van der Waals surface area contributed by atoms with Crippen molar-refractivity contribution in [2.45, 2.75) is 30.7 Å². The van der Waals surface area contributed by atoms with Gasteiger partial charge in [0.25, 0.3) is 17.4 Å². The molecule has 2 heterocycles. The molecule has 1 N–H and O–H groups in total. The molecule has 0 unspecified atom stereocenters. The summed E-state index contributed by atoms with van der Waals surface area (Å²) in [5, 5.41) is 2.62. The van der Waals surface area contributed by atoms with Crippen LogP contribution in [-0.2, 0) is 22.9 Å². The fourth-order valence-corrected chi connectivity index (χ4v) is 5.04. The molecule has 1 aromatic carbocycles. The number of nitrogens with one attached hydrogen (secondary N) is 1. The van der Waals surface area contributed by atoms with Crippen LogP contribution < -0.4 is 10.9 Å². The maximum atomic E-state index is 13.0. The van der Waals surface area contributed by atoms with Crippen molar-refractivity contribution in [1.29, 1.82) is 0 Å². The average Bonchev–Trinajstić information content (AvgIpc) is 3.51. The van der Waals surface area contributed by atoms with E-state index < -0.39 is 32.0 Å². The molecular weight excluding hydrogens is 425 g/mol. The molecule has 4 rings (SSSR count). The molecule has 31 heavy (non-hydrogen) atoms. The first-order valence-corrected chi connectivity index (χ1v) is 11.8. The zero-order valence-corrected chi connectivity index (χ0v) is 17.7. The highest BCUT2D eigenvalue weighted by Gasteiger charge is 2.54. The summed E-state index contributed by atoms with van der Waals surface area (Å²) in [6.45, 7) is 0.613. The number of carbonyl (C=O) groups excluding carboxylic acids is 2. The molecule has 1 saturated carbocycles. The van der Waals surface area contributed by atoms with Gasteiger partial charge in [-0.1, -0.05) is 12.1 Å². The summed E-state index contributed by atoms with van der Waals surface area (Å²) >= 11 is 0. The van der Waals surface area contributed by atoms with Crippen LogP contribution in [0.3, 0.4) is 0 Å². The van der Waals surface area contributed by atoms with E-state index in [1.807, 2.05) is 0 Å². The molecule has 1 aromatic heterocycles. The Balaban J connectivity index is 1.50. The Kier molecular flexibility index (Phi) is 5.20. The predicted octanol–water partition coefficient (Wildman–Crippen LogP) is 0.950. The Morgan fingerprint density at radius 2 is 1.77 bits per heavy atom. The van der Waals surface area contributed by atoms with Crippen molar-refractivity contribution in [3.63, 3.8) is 0 Å². The second-order valence-corrected chi connectivity index (χ2v) is 10.5. The predicted molar refractivity (Wildman–Crippen MR) is 111 cm³/mol. The lowest BCUT2D eigenvalue weighted by molar-refractivity contribution is 0.0695. The van der Waals surface area contributed by atoms with Gasteiger partial charge in [-0.2, -0.15) is 0 Å². The first-order valence-electron chi connectivity index (χ1n) is 9.87. The molecule has 0 spiro atoms. The highest BCUT2D eigenvalue weighted by atomic mass is 32.2. The van der Waals surface area contributed by atoms with E-state index in [-0.39, 0.29) is 43.3 Å². The van der Waals surface area contributed by atoms with Gasteiger partial charge < -0.3 is 14.8 Å². The smallest absolute Gasteiger partial charge is 0.270 e. The maximum Gasteiger partial charge on any atom is 0.270 e. The Hall–Kier alpha value is -3.01. The fraction of sp³-hybridized carbons (Fsp3) is 0.381. The van der Waals surface area contributed by atoms with Crippen molar-refractivity contribution >= 4 is 21.7 Å². The van der Waals surface area contributed by atoms with Gasteiger partial charge >= 0.3 is 0 Å². The van der Waals surface area contributed by atoms with Crippen LogP contribution in [0.5, 0.6) is 0 Å². The molecule has 8 nitrogen and oxygen atoms in total. The van der Waals surface area contributed by atoms with Crippen molar-refractivity contribution in [3.8, 4) is 0 Å². The zero-order chi connectivity index (χ0) is 22.4. The third-order valence-electron chi connectivity index (χ3n) is 5.96. The van der Waals surface area contributed by atoms with Crippen molar-refractivity contribution in [2.24, 2.45) is 0 Å². The Morgan fingerprint density at radius 3 is 2.39 bits per heavy atom. The average molecular weight is 447 g/mol. The van der Waals surface area contributed by atoms with Gasteiger partial charge in [-0.05, 0) is 42.7 Å². The minimum absolute atomic E-state index is 0.0955. The number of aromatic nitrogens is 1. The number of amides is 2. The van der Waals surface area contributed by atoms with E-state index in [1.54, 1.807) is 0 Å².